The number of hydrogen-bond donors (Lipinski definition) is 1. The summed E-state index contributed by atoms with van der Waals surface area (Å²) in [6, 6.07) is 5.69. The Labute approximate surface area is 115 Å². The number of anilines is 2. The minimum absolute atomic E-state index is 0.0275. The molecule has 0 bridgehead atoms. The van der Waals surface area contributed by atoms with Crippen molar-refractivity contribution < 1.29 is 4.79 Å². The van der Waals surface area contributed by atoms with Crippen LogP contribution >= 0.6 is 11.8 Å². The maximum atomic E-state index is 12.5. The van der Waals surface area contributed by atoms with Crippen molar-refractivity contribution >= 4 is 29.0 Å². The van der Waals surface area contributed by atoms with E-state index in [9.17, 15) is 4.79 Å². The number of nitrogen functional groups attached to an aromatic ring is 1. The highest BCUT2D eigenvalue weighted by molar-refractivity contribution is 7.99. The minimum atomic E-state index is -0.0275. The molecule has 1 amide bonds. The monoisotopic (exact) mass is 274 g/mol. The van der Waals surface area contributed by atoms with E-state index < -0.39 is 0 Å². The van der Waals surface area contributed by atoms with Gasteiger partial charge >= 0.3 is 0 Å². The van der Waals surface area contributed by atoms with Crippen LogP contribution in [-0.2, 0) is 7.05 Å². The predicted octanol–water partition coefficient (Wildman–Crippen LogP) is 1.75. The van der Waals surface area contributed by atoms with Crippen molar-refractivity contribution in [3.63, 3.8) is 0 Å². The van der Waals surface area contributed by atoms with Crippen LogP contribution in [0.3, 0.4) is 0 Å². The number of benzene rings is 1. The molecule has 0 spiro atoms. The van der Waals surface area contributed by atoms with Gasteiger partial charge in [0.1, 0.15) is 0 Å². The van der Waals surface area contributed by atoms with Gasteiger partial charge in [-0.05, 0) is 18.2 Å². The average molecular weight is 274 g/mol. The first-order valence-electron chi connectivity index (χ1n) is 5.98. The number of aromatic nitrogens is 2. The van der Waals surface area contributed by atoms with Gasteiger partial charge in [-0.2, -0.15) is 5.10 Å². The van der Waals surface area contributed by atoms with Gasteiger partial charge < -0.3 is 10.6 Å². The van der Waals surface area contributed by atoms with Gasteiger partial charge in [0.15, 0.2) is 0 Å². The number of amides is 1. The first kappa shape index (κ1) is 12.1. The Balaban J connectivity index is 1.99. The van der Waals surface area contributed by atoms with Crippen LogP contribution in [0.25, 0.3) is 0 Å². The number of nitrogens with zero attached hydrogens (tertiary/aromatic N) is 3. The smallest absolute Gasteiger partial charge is 0.261 e. The summed E-state index contributed by atoms with van der Waals surface area (Å²) >= 11 is 1.75. The minimum Gasteiger partial charge on any atom is -0.399 e. The normalized spacial score (nSPS) is 14.3. The fraction of sp³-hybridized carbons (Fsp3) is 0.231. The fourth-order valence-electron chi connectivity index (χ4n) is 2.13. The second-order valence-corrected chi connectivity index (χ2v) is 5.57. The highest BCUT2D eigenvalue weighted by Gasteiger charge is 2.24. The Morgan fingerprint density at radius 3 is 3.05 bits per heavy atom. The zero-order valence-electron chi connectivity index (χ0n) is 10.5. The zero-order valence-corrected chi connectivity index (χ0v) is 11.4. The molecule has 0 atom stereocenters. The molecule has 19 heavy (non-hydrogen) atoms. The molecule has 0 radical (unpaired) electrons. The Bertz CT molecular complexity index is 637. The van der Waals surface area contributed by atoms with E-state index in [2.05, 4.69) is 5.10 Å². The second-order valence-electron chi connectivity index (χ2n) is 4.44. The largest absolute Gasteiger partial charge is 0.399 e. The van der Waals surface area contributed by atoms with Crippen LogP contribution in [0.1, 0.15) is 10.4 Å². The number of nitrogens with two attached hydrogens (primary N) is 1. The van der Waals surface area contributed by atoms with Crippen molar-refractivity contribution in [3.05, 3.63) is 36.2 Å². The van der Waals surface area contributed by atoms with E-state index in [1.54, 1.807) is 40.8 Å². The molecule has 2 N–H and O–H groups in total. The van der Waals surface area contributed by atoms with E-state index in [4.69, 9.17) is 5.73 Å². The third-order valence-corrected chi connectivity index (χ3v) is 4.09. The summed E-state index contributed by atoms with van der Waals surface area (Å²) in [4.78, 5) is 15.4. The van der Waals surface area contributed by atoms with Gasteiger partial charge in [0.25, 0.3) is 5.91 Å². The van der Waals surface area contributed by atoms with Gasteiger partial charge in [-0.25, -0.2) is 0 Å². The summed E-state index contributed by atoms with van der Waals surface area (Å²) in [5, 5.41) is 4.05. The lowest BCUT2D eigenvalue weighted by molar-refractivity contribution is 0.0987. The summed E-state index contributed by atoms with van der Waals surface area (Å²) in [7, 11) is 1.80. The molecule has 1 aliphatic heterocycles. The lowest BCUT2D eigenvalue weighted by Crippen LogP contribution is -2.35. The molecule has 0 unspecified atom stereocenters. The molecule has 1 aliphatic rings. The van der Waals surface area contributed by atoms with Crippen molar-refractivity contribution in [3.8, 4) is 0 Å². The second kappa shape index (κ2) is 4.62. The Kier molecular flexibility index (Phi) is 2.94. The van der Waals surface area contributed by atoms with E-state index in [1.165, 1.54) is 0 Å². The van der Waals surface area contributed by atoms with Crippen molar-refractivity contribution in [1.82, 2.24) is 9.78 Å². The Morgan fingerprint density at radius 1 is 1.47 bits per heavy atom. The summed E-state index contributed by atoms with van der Waals surface area (Å²) in [6.07, 6.45) is 3.33. The van der Waals surface area contributed by atoms with Gasteiger partial charge in [0.2, 0.25) is 0 Å². The van der Waals surface area contributed by atoms with Crippen LogP contribution in [0.5, 0.6) is 0 Å². The average Bonchev–Trinajstić information content (AvgIpc) is 2.84. The van der Waals surface area contributed by atoms with Crippen molar-refractivity contribution in [2.24, 2.45) is 7.05 Å². The topological polar surface area (TPSA) is 64.2 Å². The maximum absolute atomic E-state index is 12.5. The molecule has 2 aromatic rings. The Morgan fingerprint density at radius 2 is 2.32 bits per heavy atom. The molecular weight excluding hydrogens is 260 g/mol. The van der Waals surface area contributed by atoms with Crippen molar-refractivity contribution in [2.75, 3.05) is 22.9 Å². The lowest BCUT2D eigenvalue weighted by Gasteiger charge is -2.28. The van der Waals surface area contributed by atoms with E-state index in [1.807, 2.05) is 18.2 Å². The van der Waals surface area contributed by atoms with Crippen LogP contribution in [0.2, 0.25) is 0 Å². The van der Waals surface area contributed by atoms with Crippen molar-refractivity contribution in [1.29, 1.82) is 0 Å². The standard InChI is InChI=1S/C13H14N4OS/c1-16-8-9(7-15-16)13(18)17-4-5-19-12-3-2-10(14)6-11(12)17/h2-3,6-8H,4-5,14H2,1H3. The van der Waals surface area contributed by atoms with E-state index in [0.717, 1.165) is 16.3 Å². The highest BCUT2D eigenvalue weighted by Crippen LogP contribution is 2.36. The van der Waals surface area contributed by atoms with Gasteiger partial charge in [0.05, 0.1) is 17.4 Å². The number of carbonyl (C=O) groups excluding carboxylic acids is 1. The number of carbonyl (C=O) groups is 1. The number of thioether (sulfide) groups is 1. The summed E-state index contributed by atoms with van der Waals surface area (Å²) in [5.41, 5.74) is 7.99. The van der Waals surface area contributed by atoms with Crippen LogP contribution in [0, 0.1) is 0 Å². The third-order valence-electron chi connectivity index (χ3n) is 3.04. The van der Waals surface area contributed by atoms with Crippen LogP contribution in [-0.4, -0.2) is 28.0 Å². The molecule has 98 valence electrons. The van der Waals surface area contributed by atoms with E-state index in [0.29, 0.717) is 17.8 Å². The van der Waals surface area contributed by atoms with Crippen LogP contribution in [0.15, 0.2) is 35.5 Å². The number of fused-ring (bicyclic) bond motifs is 1. The van der Waals surface area contributed by atoms with Gasteiger partial charge in [0, 0.05) is 36.1 Å². The summed E-state index contributed by atoms with van der Waals surface area (Å²) in [6.45, 7) is 0.689. The maximum Gasteiger partial charge on any atom is 0.261 e. The number of rotatable bonds is 1. The molecule has 0 fully saturated rings. The molecule has 0 saturated heterocycles. The molecule has 0 aliphatic carbocycles. The van der Waals surface area contributed by atoms with Crippen LogP contribution in [0.4, 0.5) is 11.4 Å². The van der Waals surface area contributed by atoms with Gasteiger partial charge in [-0.3, -0.25) is 9.48 Å². The third kappa shape index (κ3) is 2.19. The highest BCUT2D eigenvalue weighted by atomic mass is 32.2. The molecule has 6 heteroatoms. The predicted molar refractivity (Wildman–Crippen MR) is 76.5 cm³/mol. The summed E-state index contributed by atoms with van der Waals surface area (Å²) in [5.74, 6) is 0.864. The molecule has 0 saturated carbocycles. The Hall–Kier alpha value is -1.95. The molecule has 1 aromatic carbocycles. The molecule has 1 aromatic heterocycles. The first-order valence-corrected chi connectivity index (χ1v) is 6.96. The van der Waals surface area contributed by atoms with Gasteiger partial charge in [-0.1, -0.05) is 0 Å². The van der Waals surface area contributed by atoms with E-state index in [-0.39, 0.29) is 5.91 Å². The van der Waals surface area contributed by atoms with Crippen molar-refractivity contribution in [2.45, 2.75) is 4.90 Å². The molecule has 3 rings (SSSR count). The number of hydrogen-bond acceptors (Lipinski definition) is 4. The molecule has 5 nitrogen and oxygen atoms in total. The number of aryl methyl sites for hydroxylation is 1. The first-order chi connectivity index (χ1) is 9.15. The van der Waals surface area contributed by atoms with Crippen LogP contribution < -0.4 is 10.6 Å². The SMILES string of the molecule is Cn1cc(C(=O)N2CCSc3ccc(N)cc32)cn1. The van der Waals surface area contributed by atoms with Gasteiger partial charge in [-0.15, -0.1) is 11.8 Å². The zero-order chi connectivity index (χ0) is 13.4. The quantitative estimate of drug-likeness (QED) is 0.805. The molecule has 2 heterocycles. The lowest BCUT2D eigenvalue weighted by atomic mass is 10.2. The van der Waals surface area contributed by atoms with E-state index >= 15 is 0 Å². The fourth-order valence-corrected chi connectivity index (χ4v) is 3.11. The summed E-state index contributed by atoms with van der Waals surface area (Å²) < 4.78 is 1.63. The molecular formula is C13H14N4OS.